The Hall–Kier alpha value is -4.89. The number of aliphatic carboxylic acids is 1. The number of nitrogens with one attached hydrogen (secondary N) is 1. The molecule has 2 fully saturated rings. The molecule has 1 atom stereocenters. The van der Waals surface area contributed by atoms with Gasteiger partial charge in [0.1, 0.15) is 17.9 Å². The Morgan fingerprint density at radius 3 is 2.29 bits per heavy atom. The summed E-state index contributed by atoms with van der Waals surface area (Å²) in [5.41, 5.74) is -2.71. The van der Waals surface area contributed by atoms with Crippen molar-refractivity contribution in [3.05, 3.63) is 60.3 Å². The van der Waals surface area contributed by atoms with Crippen LogP contribution in [0, 0.1) is 5.41 Å². The summed E-state index contributed by atoms with van der Waals surface area (Å²) in [5.74, 6) is -4.68. The number of carbonyl (C=O) groups is 2. The zero-order chi connectivity index (χ0) is 36.7. The lowest BCUT2D eigenvalue weighted by molar-refractivity contribution is -0.142. The fourth-order valence-corrected chi connectivity index (χ4v) is 6.66. The van der Waals surface area contributed by atoms with Crippen LogP contribution in [0.15, 0.2) is 49.1 Å². The maximum Gasteiger partial charge on any atom is 0.434 e. The largest absolute Gasteiger partial charge is 0.490 e. The third kappa shape index (κ3) is 7.89. The predicted octanol–water partition coefficient (Wildman–Crippen LogP) is 6.93. The van der Waals surface area contributed by atoms with Gasteiger partial charge in [0.2, 0.25) is 11.9 Å². The molecule has 1 aliphatic carbocycles. The predicted molar refractivity (Wildman–Crippen MR) is 177 cm³/mol. The van der Waals surface area contributed by atoms with Crippen molar-refractivity contribution in [1.82, 2.24) is 29.8 Å². The number of benzene rings is 1. The van der Waals surface area contributed by atoms with Crippen LogP contribution in [0.4, 0.5) is 27.9 Å². The van der Waals surface area contributed by atoms with Gasteiger partial charge in [-0.2, -0.15) is 13.2 Å². The summed E-state index contributed by atoms with van der Waals surface area (Å²) < 4.78 is 79.7. The average molecular weight is 716 g/mol. The van der Waals surface area contributed by atoms with E-state index < -0.39 is 46.7 Å². The molecule has 51 heavy (non-hydrogen) atoms. The number of halogens is 5. The van der Waals surface area contributed by atoms with Gasteiger partial charge in [0.15, 0.2) is 11.5 Å². The number of aromatic nitrogens is 5. The fourth-order valence-electron chi connectivity index (χ4n) is 6.66. The van der Waals surface area contributed by atoms with E-state index in [1.807, 2.05) is 0 Å². The number of amides is 1. The normalized spacial score (nSPS) is 18.1. The second-order valence-electron chi connectivity index (χ2n) is 14.1. The third-order valence-electron chi connectivity index (χ3n) is 9.40. The number of fused-ring (bicyclic) bond motifs is 1. The molecule has 1 saturated carbocycles. The minimum absolute atomic E-state index is 0.131. The van der Waals surface area contributed by atoms with Gasteiger partial charge in [0, 0.05) is 86.6 Å². The highest BCUT2D eigenvalue weighted by Crippen LogP contribution is 2.43. The van der Waals surface area contributed by atoms with Crippen LogP contribution in [-0.4, -0.2) is 72.6 Å². The molecule has 1 aliphatic heterocycles. The van der Waals surface area contributed by atoms with E-state index in [2.05, 4.69) is 30.2 Å². The number of ether oxygens (including phenoxy) is 1. The van der Waals surface area contributed by atoms with Gasteiger partial charge in [-0.15, -0.1) is 0 Å². The molecular formula is C35H38F5N7O4. The molecule has 2 N–H and O–H groups in total. The van der Waals surface area contributed by atoms with Crippen molar-refractivity contribution in [1.29, 1.82) is 0 Å². The Labute approximate surface area is 290 Å². The number of carbonyl (C=O) groups excluding carboxylic acids is 1. The maximum atomic E-state index is 14.4. The summed E-state index contributed by atoms with van der Waals surface area (Å²) in [6.45, 7) is 5.93. The highest BCUT2D eigenvalue weighted by Gasteiger charge is 2.41. The highest BCUT2D eigenvalue weighted by atomic mass is 19.4. The van der Waals surface area contributed by atoms with E-state index in [1.165, 1.54) is 20.8 Å². The second-order valence-corrected chi connectivity index (χ2v) is 14.1. The second kappa shape index (κ2) is 13.7. The molecule has 16 heteroatoms. The molecule has 4 aromatic rings. The van der Waals surface area contributed by atoms with Gasteiger partial charge < -0.3 is 24.6 Å². The number of carboxylic acids is 1. The first-order chi connectivity index (χ1) is 24.0. The average Bonchev–Trinajstić information content (AvgIpc) is 3.45. The molecule has 1 amide bonds. The van der Waals surface area contributed by atoms with Crippen LogP contribution >= 0.6 is 0 Å². The summed E-state index contributed by atoms with van der Waals surface area (Å²) in [6.07, 6.45) is 1.44. The van der Waals surface area contributed by atoms with Crippen LogP contribution in [-0.2, 0) is 11.0 Å². The molecule has 0 bridgehead atoms. The molecule has 1 aromatic carbocycles. The van der Waals surface area contributed by atoms with Crippen molar-refractivity contribution in [2.45, 2.75) is 89.6 Å². The first-order valence-electron chi connectivity index (χ1n) is 16.7. The SMILES string of the molecule is CC(C)(C)C(NC(=O)c1cnc(-c2cn(C3CCC(F)(F)CC3)c3cc(OC4CCN(c5ncccn5)CC4)ccc23)nc1C(F)(F)F)C(=O)O. The number of alkyl halides is 5. The van der Waals surface area contributed by atoms with Crippen LogP contribution in [0.5, 0.6) is 5.75 Å². The Kier molecular flexibility index (Phi) is 9.63. The van der Waals surface area contributed by atoms with Gasteiger partial charge in [-0.3, -0.25) is 4.79 Å². The Morgan fingerprint density at radius 2 is 1.69 bits per heavy atom. The molecule has 1 unspecified atom stereocenters. The number of piperidine rings is 1. The molecule has 1 saturated heterocycles. The van der Waals surface area contributed by atoms with E-state index in [-0.39, 0.29) is 49.2 Å². The third-order valence-corrected chi connectivity index (χ3v) is 9.40. The van der Waals surface area contributed by atoms with Gasteiger partial charge in [-0.25, -0.2) is 33.5 Å². The van der Waals surface area contributed by atoms with Crippen LogP contribution in [0.3, 0.4) is 0 Å². The molecule has 0 spiro atoms. The summed E-state index contributed by atoms with van der Waals surface area (Å²) in [4.78, 5) is 43.5. The molecule has 272 valence electrons. The van der Waals surface area contributed by atoms with Gasteiger partial charge in [-0.1, -0.05) is 20.8 Å². The summed E-state index contributed by atoms with van der Waals surface area (Å²) in [6, 6.07) is 5.01. The zero-order valence-corrected chi connectivity index (χ0v) is 28.3. The van der Waals surface area contributed by atoms with Crippen molar-refractivity contribution in [2.24, 2.45) is 5.41 Å². The van der Waals surface area contributed by atoms with E-state index in [0.29, 0.717) is 48.5 Å². The van der Waals surface area contributed by atoms with Crippen LogP contribution < -0.4 is 15.0 Å². The standard InChI is InChI=1S/C35H38F5N7O4/c1-33(2,3)28(31(49)50)45-30(48)24-18-43-29(44-27(24)35(38,39)40)25-19-47(20-7-11-34(36,37)12-8-20)26-17-22(5-6-23(25)26)51-21-9-15-46(16-10-21)32-41-13-4-14-42-32/h4-6,13-14,17-21,28H,7-12,15-16H2,1-3H3,(H,45,48)(H,49,50). The number of anilines is 1. The first-order valence-corrected chi connectivity index (χ1v) is 16.7. The number of nitrogens with zero attached hydrogens (tertiary/aromatic N) is 6. The van der Waals surface area contributed by atoms with Crippen molar-refractivity contribution < 1.29 is 41.4 Å². The molecule has 11 nitrogen and oxygen atoms in total. The van der Waals surface area contributed by atoms with Gasteiger partial charge in [-0.05, 0) is 36.5 Å². The summed E-state index contributed by atoms with van der Waals surface area (Å²) >= 11 is 0. The van der Waals surface area contributed by atoms with E-state index in [9.17, 15) is 36.6 Å². The first kappa shape index (κ1) is 35.9. The lowest BCUT2D eigenvalue weighted by atomic mass is 9.86. The quantitative estimate of drug-likeness (QED) is 0.186. The highest BCUT2D eigenvalue weighted by molar-refractivity contribution is 5.99. The van der Waals surface area contributed by atoms with E-state index >= 15 is 0 Å². The van der Waals surface area contributed by atoms with Crippen LogP contribution in [0.2, 0.25) is 0 Å². The Balaban J connectivity index is 1.33. The molecule has 6 rings (SSSR count). The Bertz CT molecular complexity index is 1890. The van der Waals surface area contributed by atoms with Crippen LogP contribution in [0.1, 0.15) is 81.4 Å². The molecule has 2 aliphatic rings. The summed E-state index contributed by atoms with van der Waals surface area (Å²) in [7, 11) is 0. The van der Waals surface area contributed by atoms with Crippen molar-refractivity contribution in [3.63, 3.8) is 0 Å². The van der Waals surface area contributed by atoms with E-state index in [0.717, 1.165) is 6.20 Å². The molecule has 3 aromatic heterocycles. The lowest BCUT2D eigenvalue weighted by Gasteiger charge is -2.32. The summed E-state index contributed by atoms with van der Waals surface area (Å²) in [5, 5.41) is 12.2. The lowest BCUT2D eigenvalue weighted by Crippen LogP contribution is -2.49. The minimum Gasteiger partial charge on any atom is -0.490 e. The van der Waals surface area contributed by atoms with Crippen LogP contribution in [0.25, 0.3) is 22.3 Å². The number of rotatable bonds is 8. The molecular weight excluding hydrogens is 677 g/mol. The molecule has 0 radical (unpaired) electrons. The maximum absolute atomic E-state index is 14.4. The number of hydrogen-bond donors (Lipinski definition) is 2. The fraction of sp³-hybridized carbons (Fsp3) is 0.486. The number of hydrogen-bond acceptors (Lipinski definition) is 8. The minimum atomic E-state index is -5.10. The van der Waals surface area contributed by atoms with Gasteiger partial charge in [0.05, 0.1) is 11.1 Å². The van der Waals surface area contributed by atoms with Gasteiger partial charge in [0.25, 0.3) is 5.91 Å². The van der Waals surface area contributed by atoms with Gasteiger partial charge >= 0.3 is 12.1 Å². The Morgan fingerprint density at radius 1 is 1.02 bits per heavy atom. The molecule has 4 heterocycles. The van der Waals surface area contributed by atoms with Crippen molar-refractivity contribution in [3.8, 4) is 17.1 Å². The monoisotopic (exact) mass is 715 g/mol. The number of carboxylic acid groups (broad SMARTS) is 1. The van der Waals surface area contributed by atoms with Crippen molar-refractivity contribution in [2.75, 3.05) is 18.0 Å². The van der Waals surface area contributed by atoms with E-state index in [4.69, 9.17) is 4.74 Å². The zero-order valence-electron chi connectivity index (χ0n) is 28.3. The topological polar surface area (TPSA) is 135 Å². The smallest absolute Gasteiger partial charge is 0.434 e. The van der Waals surface area contributed by atoms with E-state index in [1.54, 1.807) is 47.4 Å². The van der Waals surface area contributed by atoms with Crippen molar-refractivity contribution >= 4 is 28.7 Å².